The van der Waals surface area contributed by atoms with E-state index in [1.807, 2.05) is 0 Å². The van der Waals surface area contributed by atoms with E-state index in [1.165, 1.54) is 36.0 Å². The molecule has 0 heterocycles. The van der Waals surface area contributed by atoms with Crippen molar-refractivity contribution in [2.75, 3.05) is 0 Å². The van der Waals surface area contributed by atoms with E-state index in [9.17, 15) is 0 Å². The van der Waals surface area contributed by atoms with E-state index < -0.39 is 0 Å². The maximum atomic E-state index is 3.92. The summed E-state index contributed by atoms with van der Waals surface area (Å²) in [4.78, 5) is 0. The molecule has 14 heavy (non-hydrogen) atoms. The van der Waals surface area contributed by atoms with E-state index >= 15 is 0 Å². The van der Waals surface area contributed by atoms with E-state index in [-0.39, 0.29) is 0 Å². The quantitative estimate of drug-likeness (QED) is 0.609. The molecule has 1 aromatic rings. The molecule has 76 valence electrons. The number of benzene rings is 1. The molecule has 0 spiro atoms. The highest BCUT2D eigenvalue weighted by Gasteiger charge is 1.95. The van der Waals surface area contributed by atoms with Crippen LogP contribution in [0.2, 0.25) is 0 Å². The van der Waals surface area contributed by atoms with Crippen molar-refractivity contribution in [3.05, 3.63) is 47.5 Å². The standard InChI is InChI=1S/C14H20/c1-4-5-6-13-7-9-14(10-8-13)11-12(2)3/h7-10H,2,4-6,11H2,1,3H3. The minimum Gasteiger partial charge on any atom is -0.0998 e. The van der Waals surface area contributed by atoms with Gasteiger partial charge in [0.15, 0.2) is 0 Å². The third-order valence-corrected chi connectivity index (χ3v) is 2.35. The van der Waals surface area contributed by atoms with Gasteiger partial charge < -0.3 is 0 Å². The van der Waals surface area contributed by atoms with Gasteiger partial charge in [0.25, 0.3) is 0 Å². The van der Waals surface area contributed by atoms with Crippen molar-refractivity contribution < 1.29 is 0 Å². The fraction of sp³-hybridized carbons (Fsp3) is 0.429. The van der Waals surface area contributed by atoms with Crippen molar-refractivity contribution in [2.45, 2.75) is 39.5 Å². The number of unbranched alkanes of at least 4 members (excludes halogenated alkanes) is 1. The fourth-order valence-corrected chi connectivity index (χ4v) is 1.55. The first-order valence-electron chi connectivity index (χ1n) is 5.44. The van der Waals surface area contributed by atoms with Crippen LogP contribution < -0.4 is 0 Å². The van der Waals surface area contributed by atoms with Crippen LogP contribution in [0.15, 0.2) is 36.4 Å². The normalized spacial score (nSPS) is 10.1. The lowest BCUT2D eigenvalue weighted by atomic mass is 10.0. The van der Waals surface area contributed by atoms with E-state index in [4.69, 9.17) is 0 Å². The number of aryl methyl sites for hydroxylation is 1. The average molecular weight is 188 g/mol. The van der Waals surface area contributed by atoms with Crippen molar-refractivity contribution >= 4 is 0 Å². The van der Waals surface area contributed by atoms with E-state index in [2.05, 4.69) is 44.7 Å². The molecular weight excluding hydrogens is 168 g/mol. The van der Waals surface area contributed by atoms with Crippen LogP contribution in [-0.2, 0) is 12.8 Å². The average Bonchev–Trinajstić information content (AvgIpc) is 2.16. The minimum atomic E-state index is 1.01. The van der Waals surface area contributed by atoms with E-state index in [1.54, 1.807) is 0 Å². The largest absolute Gasteiger partial charge is 0.0998 e. The lowest BCUT2D eigenvalue weighted by Gasteiger charge is -2.03. The molecule has 0 N–H and O–H groups in total. The van der Waals surface area contributed by atoms with Crippen LogP contribution in [-0.4, -0.2) is 0 Å². The van der Waals surface area contributed by atoms with Gasteiger partial charge in [-0.05, 0) is 37.3 Å². The van der Waals surface area contributed by atoms with Gasteiger partial charge in [-0.1, -0.05) is 49.8 Å². The third-order valence-electron chi connectivity index (χ3n) is 2.35. The topological polar surface area (TPSA) is 0 Å². The molecule has 0 aliphatic carbocycles. The summed E-state index contributed by atoms with van der Waals surface area (Å²) in [5.74, 6) is 0. The van der Waals surface area contributed by atoms with Gasteiger partial charge in [0, 0.05) is 0 Å². The SMILES string of the molecule is C=C(C)Cc1ccc(CCCC)cc1. The van der Waals surface area contributed by atoms with Gasteiger partial charge in [-0.25, -0.2) is 0 Å². The van der Waals surface area contributed by atoms with Crippen molar-refractivity contribution in [3.8, 4) is 0 Å². The van der Waals surface area contributed by atoms with Gasteiger partial charge in [0.2, 0.25) is 0 Å². The Morgan fingerprint density at radius 1 is 1.14 bits per heavy atom. The summed E-state index contributed by atoms with van der Waals surface area (Å²) >= 11 is 0. The van der Waals surface area contributed by atoms with Gasteiger partial charge in [0.1, 0.15) is 0 Å². The van der Waals surface area contributed by atoms with Gasteiger partial charge in [0.05, 0.1) is 0 Å². The zero-order valence-corrected chi connectivity index (χ0v) is 9.34. The molecule has 0 heteroatoms. The predicted octanol–water partition coefficient (Wildman–Crippen LogP) is 4.15. The summed E-state index contributed by atoms with van der Waals surface area (Å²) in [6.45, 7) is 8.23. The lowest BCUT2D eigenvalue weighted by Crippen LogP contribution is -1.88. The Morgan fingerprint density at radius 2 is 1.71 bits per heavy atom. The van der Waals surface area contributed by atoms with Crippen LogP contribution in [0.4, 0.5) is 0 Å². The molecule has 0 atom stereocenters. The maximum absolute atomic E-state index is 3.92. The van der Waals surface area contributed by atoms with Crippen LogP contribution in [0.3, 0.4) is 0 Å². The second-order valence-corrected chi connectivity index (χ2v) is 4.05. The Labute approximate surface area is 87.7 Å². The summed E-state index contributed by atoms with van der Waals surface area (Å²) in [5.41, 5.74) is 4.06. The minimum absolute atomic E-state index is 1.01. The molecule has 0 aromatic heterocycles. The van der Waals surface area contributed by atoms with Crippen LogP contribution in [0, 0.1) is 0 Å². The van der Waals surface area contributed by atoms with Crippen molar-refractivity contribution in [1.82, 2.24) is 0 Å². The summed E-state index contributed by atoms with van der Waals surface area (Å²) in [6.07, 6.45) is 4.78. The lowest BCUT2D eigenvalue weighted by molar-refractivity contribution is 0.795. The fourth-order valence-electron chi connectivity index (χ4n) is 1.55. The van der Waals surface area contributed by atoms with E-state index in [0.29, 0.717) is 0 Å². The summed E-state index contributed by atoms with van der Waals surface area (Å²) < 4.78 is 0. The second-order valence-electron chi connectivity index (χ2n) is 4.05. The smallest absolute Gasteiger partial charge is 0.00726 e. The Bertz CT molecular complexity index is 279. The van der Waals surface area contributed by atoms with Crippen molar-refractivity contribution in [2.24, 2.45) is 0 Å². The Hall–Kier alpha value is -1.04. The second kappa shape index (κ2) is 5.64. The van der Waals surface area contributed by atoms with Gasteiger partial charge in [-0.15, -0.1) is 0 Å². The zero-order valence-electron chi connectivity index (χ0n) is 9.34. The molecule has 0 saturated heterocycles. The first-order valence-corrected chi connectivity index (χ1v) is 5.44. The first kappa shape index (κ1) is 11.0. The molecule has 0 nitrogen and oxygen atoms in total. The highest BCUT2D eigenvalue weighted by atomic mass is 14.0. The van der Waals surface area contributed by atoms with Crippen molar-refractivity contribution in [3.63, 3.8) is 0 Å². The number of hydrogen-bond donors (Lipinski definition) is 0. The molecule has 0 aliphatic heterocycles. The van der Waals surface area contributed by atoms with Crippen LogP contribution in [0.5, 0.6) is 0 Å². The number of hydrogen-bond acceptors (Lipinski definition) is 0. The van der Waals surface area contributed by atoms with Gasteiger partial charge >= 0.3 is 0 Å². The molecule has 0 saturated carbocycles. The highest BCUT2D eigenvalue weighted by molar-refractivity contribution is 5.25. The number of rotatable bonds is 5. The molecule has 0 aliphatic rings. The maximum Gasteiger partial charge on any atom is -0.00726 e. The molecule has 0 unspecified atom stereocenters. The monoisotopic (exact) mass is 188 g/mol. The molecule has 0 fully saturated rings. The summed E-state index contributed by atoms with van der Waals surface area (Å²) in [7, 11) is 0. The molecule has 1 rings (SSSR count). The van der Waals surface area contributed by atoms with Crippen LogP contribution >= 0.6 is 0 Å². The van der Waals surface area contributed by atoms with E-state index in [0.717, 1.165) is 6.42 Å². The Kier molecular flexibility index (Phi) is 4.45. The van der Waals surface area contributed by atoms with Gasteiger partial charge in [-0.3, -0.25) is 0 Å². The molecular formula is C14H20. The highest BCUT2D eigenvalue weighted by Crippen LogP contribution is 2.10. The predicted molar refractivity (Wildman–Crippen MR) is 63.6 cm³/mol. The first-order chi connectivity index (χ1) is 6.72. The van der Waals surface area contributed by atoms with Crippen LogP contribution in [0.1, 0.15) is 37.8 Å². The molecule has 0 amide bonds. The molecule has 0 radical (unpaired) electrons. The molecule has 0 bridgehead atoms. The zero-order chi connectivity index (χ0) is 10.4. The number of allylic oxidation sites excluding steroid dienone is 1. The third kappa shape index (κ3) is 3.78. The van der Waals surface area contributed by atoms with Crippen molar-refractivity contribution in [1.29, 1.82) is 0 Å². The van der Waals surface area contributed by atoms with Gasteiger partial charge in [-0.2, -0.15) is 0 Å². The Morgan fingerprint density at radius 3 is 2.21 bits per heavy atom. The van der Waals surface area contributed by atoms with Crippen LogP contribution in [0.25, 0.3) is 0 Å². The summed E-state index contributed by atoms with van der Waals surface area (Å²) in [6, 6.07) is 8.93. The summed E-state index contributed by atoms with van der Waals surface area (Å²) in [5, 5.41) is 0. The molecule has 1 aromatic carbocycles. The Balaban J connectivity index is 2.54.